The summed E-state index contributed by atoms with van der Waals surface area (Å²) >= 11 is 0. The number of carboxylic acid groups (broad SMARTS) is 1. The molecular formula is C27H28N2O5. The van der Waals surface area contributed by atoms with Crippen LogP contribution in [-0.2, 0) is 14.3 Å². The molecule has 1 fully saturated rings. The molecule has 2 aromatic rings. The summed E-state index contributed by atoms with van der Waals surface area (Å²) in [5.41, 5.74) is 4.48. The normalized spacial score (nSPS) is 17.6. The Bertz CT molecular complexity index is 1100. The van der Waals surface area contributed by atoms with Crippen molar-refractivity contribution in [3.63, 3.8) is 0 Å². The van der Waals surface area contributed by atoms with Crippen LogP contribution in [0.2, 0.25) is 0 Å². The lowest BCUT2D eigenvalue weighted by Gasteiger charge is -2.33. The van der Waals surface area contributed by atoms with E-state index in [0.29, 0.717) is 19.4 Å². The highest BCUT2D eigenvalue weighted by Gasteiger charge is 2.33. The molecule has 1 aliphatic heterocycles. The molecule has 1 heterocycles. The average Bonchev–Trinajstić information content (AvgIpc) is 3.18. The number of alkyl carbamates (subject to hydrolysis) is 1. The number of rotatable bonds is 6. The summed E-state index contributed by atoms with van der Waals surface area (Å²) in [7, 11) is 0. The monoisotopic (exact) mass is 460 g/mol. The molecule has 0 bridgehead atoms. The van der Waals surface area contributed by atoms with E-state index in [9.17, 15) is 19.5 Å². The van der Waals surface area contributed by atoms with Crippen molar-refractivity contribution < 1.29 is 24.2 Å². The first-order valence-electron chi connectivity index (χ1n) is 11.5. The average molecular weight is 461 g/mol. The Morgan fingerprint density at radius 1 is 1.12 bits per heavy atom. The summed E-state index contributed by atoms with van der Waals surface area (Å²) in [6.07, 6.45) is 0.594. The van der Waals surface area contributed by atoms with E-state index in [1.165, 1.54) is 4.90 Å². The molecule has 7 nitrogen and oxygen atoms in total. The Hall–Kier alpha value is -3.79. The lowest BCUT2D eigenvalue weighted by Crippen LogP contribution is -2.52. The third kappa shape index (κ3) is 4.91. The van der Waals surface area contributed by atoms with Crippen molar-refractivity contribution >= 4 is 18.0 Å². The molecule has 7 heteroatoms. The van der Waals surface area contributed by atoms with Crippen LogP contribution in [0.15, 0.2) is 48.5 Å². The van der Waals surface area contributed by atoms with Gasteiger partial charge in [-0.1, -0.05) is 48.5 Å². The van der Waals surface area contributed by atoms with Gasteiger partial charge in [0.2, 0.25) is 5.91 Å². The molecule has 176 valence electrons. The van der Waals surface area contributed by atoms with Gasteiger partial charge in [-0.25, -0.2) is 4.79 Å². The minimum Gasteiger partial charge on any atom is -0.481 e. The minimum absolute atomic E-state index is 0.0823. The van der Waals surface area contributed by atoms with Crippen LogP contribution in [0.1, 0.15) is 43.2 Å². The van der Waals surface area contributed by atoms with E-state index < -0.39 is 24.0 Å². The van der Waals surface area contributed by atoms with Gasteiger partial charge in [0.15, 0.2) is 0 Å². The molecule has 4 rings (SSSR count). The van der Waals surface area contributed by atoms with Crippen molar-refractivity contribution in [1.29, 1.82) is 0 Å². The quantitative estimate of drug-likeness (QED) is 0.642. The number of nitrogens with one attached hydrogen (secondary N) is 1. The Labute approximate surface area is 199 Å². The van der Waals surface area contributed by atoms with Crippen LogP contribution in [-0.4, -0.2) is 53.7 Å². The Kier molecular flexibility index (Phi) is 7.17. The number of carbonyl (C=O) groups excluding carboxylic acids is 2. The summed E-state index contributed by atoms with van der Waals surface area (Å²) in [5, 5.41) is 12.0. The van der Waals surface area contributed by atoms with Gasteiger partial charge >= 0.3 is 12.1 Å². The third-order valence-corrected chi connectivity index (χ3v) is 6.50. The molecule has 34 heavy (non-hydrogen) atoms. The fourth-order valence-corrected chi connectivity index (χ4v) is 4.79. The smallest absolute Gasteiger partial charge is 0.407 e. The van der Waals surface area contributed by atoms with Gasteiger partial charge in [0.25, 0.3) is 0 Å². The van der Waals surface area contributed by atoms with Gasteiger partial charge in [-0.3, -0.25) is 9.59 Å². The number of hydrogen-bond donors (Lipinski definition) is 2. The third-order valence-electron chi connectivity index (χ3n) is 6.50. The topological polar surface area (TPSA) is 95.9 Å². The number of carboxylic acids is 1. The molecule has 2 N–H and O–H groups in total. The number of benzene rings is 2. The van der Waals surface area contributed by atoms with Gasteiger partial charge in [-0.2, -0.15) is 0 Å². The highest BCUT2D eigenvalue weighted by atomic mass is 16.5. The van der Waals surface area contributed by atoms with E-state index in [2.05, 4.69) is 29.3 Å². The van der Waals surface area contributed by atoms with E-state index in [1.807, 2.05) is 36.4 Å². The fraction of sp³-hybridized carbons (Fsp3) is 0.370. The van der Waals surface area contributed by atoms with Gasteiger partial charge in [-0.15, -0.1) is 11.8 Å². The van der Waals surface area contributed by atoms with Crippen molar-refractivity contribution in [2.24, 2.45) is 5.92 Å². The largest absolute Gasteiger partial charge is 0.481 e. The SMILES string of the molecule is CC#CCC(NC(=O)OCC1c2ccccc2-c2ccccc21)C(=O)N1CCC[C@H](C(=O)O)C1. The van der Waals surface area contributed by atoms with E-state index in [0.717, 1.165) is 22.3 Å². The zero-order valence-electron chi connectivity index (χ0n) is 19.1. The molecule has 2 aromatic carbocycles. The van der Waals surface area contributed by atoms with E-state index in [1.54, 1.807) is 6.92 Å². The van der Waals surface area contributed by atoms with Crippen molar-refractivity contribution in [1.82, 2.24) is 10.2 Å². The van der Waals surface area contributed by atoms with E-state index >= 15 is 0 Å². The van der Waals surface area contributed by atoms with Crippen molar-refractivity contribution in [3.05, 3.63) is 59.7 Å². The van der Waals surface area contributed by atoms with Gasteiger partial charge in [0.1, 0.15) is 12.6 Å². The van der Waals surface area contributed by atoms with Crippen LogP contribution in [0, 0.1) is 17.8 Å². The number of aliphatic carboxylic acids is 1. The van der Waals surface area contributed by atoms with E-state index in [4.69, 9.17) is 4.74 Å². The van der Waals surface area contributed by atoms with Crippen molar-refractivity contribution in [2.75, 3.05) is 19.7 Å². The van der Waals surface area contributed by atoms with Crippen LogP contribution in [0.5, 0.6) is 0 Å². The second-order valence-electron chi connectivity index (χ2n) is 8.62. The molecular weight excluding hydrogens is 432 g/mol. The standard InChI is InChI=1S/C27H28N2O5/c1-2-3-14-24(25(30)29-15-8-9-18(16-29)26(31)32)28-27(33)34-17-23-21-12-6-4-10-19(21)20-11-5-7-13-22(20)23/h4-7,10-13,18,23-24H,8-9,14-17H2,1H3,(H,28,33)(H,31,32)/t18-,24?/m0/s1. The number of likely N-dealkylation sites (tertiary alicyclic amines) is 1. The lowest BCUT2D eigenvalue weighted by atomic mass is 9.97. The van der Waals surface area contributed by atoms with Gasteiger partial charge < -0.3 is 20.1 Å². The minimum atomic E-state index is -0.910. The number of carbonyl (C=O) groups is 3. The number of amides is 2. The van der Waals surface area contributed by atoms with Crippen LogP contribution < -0.4 is 5.32 Å². The van der Waals surface area contributed by atoms with Crippen molar-refractivity contribution in [2.45, 2.75) is 38.1 Å². The maximum atomic E-state index is 13.1. The highest BCUT2D eigenvalue weighted by molar-refractivity contribution is 5.87. The van der Waals surface area contributed by atoms with Crippen LogP contribution in [0.4, 0.5) is 4.79 Å². The Morgan fingerprint density at radius 3 is 2.38 bits per heavy atom. The van der Waals surface area contributed by atoms with Crippen LogP contribution >= 0.6 is 0 Å². The fourth-order valence-electron chi connectivity index (χ4n) is 4.79. The maximum absolute atomic E-state index is 13.1. The first-order chi connectivity index (χ1) is 16.5. The predicted octanol–water partition coefficient (Wildman–Crippen LogP) is 3.63. The summed E-state index contributed by atoms with van der Waals surface area (Å²) in [5.74, 6) is 3.68. The highest BCUT2D eigenvalue weighted by Crippen LogP contribution is 2.44. The van der Waals surface area contributed by atoms with Gasteiger partial charge in [0, 0.05) is 25.4 Å². The molecule has 2 aliphatic rings. The molecule has 2 atom stereocenters. The summed E-state index contributed by atoms with van der Waals surface area (Å²) < 4.78 is 5.58. The second-order valence-corrected chi connectivity index (χ2v) is 8.62. The number of ether oxygens (including phenoxy) is 1. The molecule has 0 spiro atoms. The molecule has 1 aliphatic carbocycles. The zero-order valence-corrected chi connectivity index (χ0v) is 19.1. The van der Waals surface area contributed by atoms with E-state index in [-0.39, 0.29) is 31.4 Å². The van der Waals surface area contributed by atoms with Crippen LogP contribution in [0.25, 0.3) is 11.1 Å². The first-order valence-corrected chi connectivity index (χ1v) is 11.5. The number of fused-ring (bicyclic) bond motifs is 3. The predicted molar refractivity (Wildman–Crippen MR) is 127 cm³/mol. The summed E-state index contributed by atoms with van der Waals surface area (Å²) in [4.78, 5) is 38.7. The molecule has 1 saturated heterocycles. The second kappa shape index (κ2) is 10.4. The molecule has 1 unspecified atom stereocenters. The lowest BCUT2D eigenvalue weighted by molar-refractivity contribution is -0.146. The zero-order chi connectivity index (χ0) is 24.1. The van der Waals surface area contributed by atoms with Crippen LogP contribution in [0.3, 0.4) is 0 Å². The Morgan fingerprint density at radius 2 is 1.76 bits per heavy atom. The van der Waals surface area contributed by atoms with Gasteiger partial charge in [-0.05, 0) is 42.0 Å². The molecule has 0 aromatic heterocycles. The Balaban J connectivity index is 1.42. The van der Waals surface area contributed by atoms with Gasteiger partial charge in [0.05, 0.1) is 5.92 Å². The molecule has 0 radical (unpaired) electrons. The first kappa shape index (κ1) is 23.4. The number of piperidine rings is 1. The number of hydrogen-bond acceptors (Lipinski definition) is 4. The summed E-state index contributed by atoms with van der Waals surface area (Å²) in [6.45, 7) is 2.41. The molecule has 0 saturated carbocycles. The number of nitrogens with zero attached hydrogens (tertiary/aromatic N) is 1. The van der Waals surface area contributed by atoms with Crippen molar-refractivity contribution in [3.8, 4) is 23.0 Å². The maximum Gasteiger partial charge on any atom is 0.407 e. The summed E-state index contributed by atoms with van der Waals surface area (Å²) in [6, 6.07) is 15.2. The molecule has 2 amide bonds.